The van der Waals surface area contributed by atoms with Crippen LogP contribution in [0.4, 0.5) is 0 Å². The summed E-state index contributed by atoms with van der Waals surface area (Å²) in [6.45, 7) is 6.63. The minimum absolute atomic E-state index is 1.02. The first-order valence-electron chi connectivity index (χ1n) is 13.8. The minimum Gasteiger partial charge on any atom is -0.354 e. The molecule has 0 atom stereocenters. The van der Waals surface area contributed by atoms with Crippen molar-refractivity contribution in [3.8, 4) is 0 Å². The molecule has 0 spiro atoms. The molecule has 0 aromatic carbocycles. The summed E-state index contributed by atoms with van der Waals surface area (Å²) < 4.78 is 0. The van der Waals surface area contributed by atoms with Gasteiger partial charge in [0.1, 0.15) is 0 Å². The summed E-state index contributed by atoms with van der Waals surface area (Å²) in [6.07, 6.45) is 40.6. The lowest BCUT2D eigenvalue weighted by molar-refractivity contribution is 0.461. The third-order valence-corrected chi connectivity index (χ3v) is 6.75. The molecule has 2 aliphatic rings. The van der Waals surface area contributed by atoms with Gasteiger partial charge in [-0.2, -0.15) is 0 Å². The van der Waals surface area contributed by atoms with Gasteiger partial charge in [-0.3, -0.25) is 0 Å². The van der Waals surface area contributed by atoms with Gasteiger partial charge in [-0.15, -0.1) is 0 Å². The molecule has 32 heavy (non-hydrogen) atoms. The second-order valence-electron chi connectivity index (χ2n) is 9.55. The van der Waals surface area contributed by atoms with E-state index >= 15 is 0 Å². The molecule has 2 nitrogen and oxygen atoms in total. The summed E-state index contributed by atoms with van der Waals surface area (Å²) >= 11 is 0. The van der Waals surface area contributed by atoms with E-state index < -0.39 is 0 Å². The van der Waals surface area contributed by atoms with Gasteiger partial charge < -0.3 is 9.80 Å². The van der Waals surface area contributed by atoms with E-state index in [1.807, 2.05) is 0 Å². The molecule has 0 saturated heterocycles. The predicted molar refractivity (Wildman–Crippen MR) is 142 cm³/mol. The van der Waals surface area contributed by atoms with E-state index in [-0.39, 0.29) is 0 Å². The third-order valence-electron chi connectivity index (χ3n) is 6.75. The molecule has 2 rings (SSSR count). The third kappa shape index (κ3) is 11.8. The van der Waals surface area contributed by atoms with Crippen molar-refractivity contribution < 1.29 is 0 Å². The normalized spacial score (nSPS) is 15.4. The molecule has 0 fully saturated rings. The highest BCUT2D eigenvalue weighted by Gasteiger charge is 2.06. The lowest BCUT2D eigenvalue weighted by Gasteiger charge is -2.21. The number of allylic oxidation sites excluding steroid dienone is 6. The van der Waals surface area contributed by atoms with Gasteiger partial charge in [0.15, 0.2) is 0 Å². The molecule has 0 radical (unpaired) electrons. The molecule has 0 aromatic rings. The first-order valence-corrected chi connectivity index (χ1v) is 13.8. The first kappa shape index (κ1) is 26.6. The van der Waals surface area contributed by atoms with E-state index in [4.69, 9.17) is 0 Å². The van der Waals surface area contributed by atoms with Crippen LogP contribution in [0.2, 0.25) is 0 Å². The van der Waals surface area contributed by atoms with Crippen LogP contribution in [0.3, 0.4) is 0 Å². The summed E-state index contributed by atoms with van der Waals surface area (Å²) in [4.78, 5) is 4.53. The molecular weight excluding hydrogens is 388 g/mol. The average molecular weight is 439 g/mol. The van der Waals surface area contributed by atoms with Crippen molar-refractivity contribution in [1.29, 1.82) is 0 Å². The fraction of sp³-hybridized carbons (Fsp3) is 0.667. The Balaban J connectivity index is 1.38. The Hall–Kier alpha value is -1.70. The van der Waals surface area contributed by atoms with E-state index in [0.717, 1.165) is 13.1 Å². The van der Waals surface area contributed by atoms with Gasteiger partial charge in [0.25, 0.3) is 0 Å². The summed E-state index contributed by atoms with van der Waals surface area (Å²) in [6, 6.07) is 0. The van der Waals surface area contributed by atoms with Crippen LogP contribution in [-0.4, -0.2) is 22.9 Å². The van der Waals surface area contributed by atoms with Crippen molar-refractivity contribution >= 4 is 0 Å². The van der Waals surface area contributed by atoms with Crippen LogP contribution >= 0.6 is 0 Å². The van der Waals surface area contributed by atoms with Gasteiger partial charge in [-0.1, -0.05) is 103 Å². The fourth-order valence-corrected chi connectivity index (χ4v) is 4.50. The van der Waals surface area contributed by atoms with Crippen LogP contribution in [0.15, 0.2) is 60.3 Å². The van der Waals surface area contributed by atoms with E-state index in [9.17, 15) is 0 Å². The van der Waals surface area contributed by atoms with Crippen LogP contribution in [0.1, 0.15) is 117 Å². The van der Waals surface area contributed by atoms with Gasteiger partial charge in [-0.05, 0) is 48.8 Å². The van der Waals surface area contributed by atoms with Crippen LogP contribution in [-0.2, 0) is 0 Å². The van der Waals surface area contributed by atoms with Crippen molar-refractivity contribution in [2.45, 2.75) is 117 Å². The maximum atomic E-state index is 2.34. The second kappa shape index (κ2) is 17.8. The molecule has 2 heteroatoms. The predicted octanol–water partition coefficient (Wildman–Crippen LogP) is 9.25. The first-order chi connectivity index (χ1) is 15.8. The molecule has 0 amide bonds. The van der Waals surface area contributed by atoms with E-state index in [0.29, 0.717) is 0 Å². The number of unbranched alkanes of at least 4 members (excludes halogenated alkanes) is 15. The Kier molecular flexibility index (Phi) is 14.8. The zero-order valence-corrected chi connectivity index (χ0v) is 21.2. The van der Waals surface area contributed by atoms with Gasteiger partial charge in [0, 0.05) is 37.9 Å². The van der Waals surface area contributed by atoms with Crippen molar-refractivity contribution in [2.75, 3.05) is 13.1 Å². The average Bonchev–Trinajstić information content (AvgIpc) is 2.84. The summed E-state index contributed by atoms with van der Waals surface area (Å²) in [5, 5.41) is 0. The van der Waals surface area contributed by atoms with E-state index in [2.05, 4.69) is 72.8 Å². The van der Waals surface area contributed by atoms with Crippen molar-refractivity contribution in [3.63, 3.8) is 0 Å². The molecule has 0 N–H and O–H groups in total. The largest absolute Gasteiger partial charge is 0.354 e. The molecule has 0 bridgehead atoms. The lowest BCUT2D eigenvalue weighted by atomic mass is 10.0. The quantitative estimate of drug-likeness (QED) is 0.197. The summed E-state index contributed by atoms with van der Waals surface area (Å²) in [7, 11) is 0. The fourth-order valence-electron chi connectivity index (χ4n) is 4.50. The van der Waals surface area contributed by atoms with Crippen LogP contribution in [0.25, 0.3) is 0 Å². The molecule has 2 heterocycles. The van der Waals surface area contributed by atoms with Crippen molar-refractivity contribution in [2.24, 2.45) is 0 Å². The Morgan fingerprint density at radius 2 is 0.781 bits per heavy atom. The number of hydrogen-bond donors (Lipinski definition) is 0. The van der Waals surface area contributed by atoms with Gasteiger partial charge in [0.2, 0.25) is 0 Å². The molecular formula is C30H50N2. The SMILES string of the molecule is CCCCCCCCCCCCCCCCCCN1C=CC(=C2C=CN(CC)C=C2)C=C1. The molecule has 0 saturated carbocycles. The Morgan fingerprint density at radius 1 is 0.438 bits per heavy atom. The van der Waals surface area contributed by atoms with Gasteiger partial charge in [0.05, 0.1) is 0 Å². The number of nitrogens with zero attached hydrogens (tertiary/aromatic N) is 2. The maximum absolute atomic E-state index is 2.34. The minimum atomic E-state index is 1.02. The smallest absolute Gasteiger partial charge is 0.0219 e. The second-order valence-corrected chi connectivity index (χ2v) is 9.55. The summed E-state index contributed by atoms with van der Waals surface area (Å²) in [5.41, 5.74) is 2.60. The van der Waals surface area contributed by atoms with Crippen LogP contribution in [0.5, 0.6) is 0 Å². The van der Waals surface area contributed by atoms with Crippen LogP contribution in [0, 0.1) is 0 Å². The standard InChI is InChI=1S/C30H50N2/c1-3-5-6-7-8-9-10-11-12-13-14-15-16-17-18-19-24-32-27-22-30(23-28-32)29-20-25-31(4-2)26-21-29/h20-23,25-28H,3-19,24H2,1-2H3. The molecule has 0 unspecified atom stereocenters. The zero-order chi connectivity index (χ0) is 22.7. The van der Waals surface area contributed by atoms with Crippen LogP contribution < -0.4 is 0 Å². The Labute approximate surface area is 199 Å². The van der Waals surface area contributed by atoms with E-state index in [1.54, 1.807) is 0 Å². The Bertz CT molecular complexity index is 591. The highest BCUT2D eigenvalue weighted by molar-refractivity contribution is 5.48. The lowest BCUT2D eigenvalue weighted by Crippen LogP contribution is -2.14. The molecule has 0 aliphatic carbocycles. The van der Waals surface area contributed by atoms with Gasteiger partial charge in [-0.25, -0.2) is 0 Å². The summed E-state index contributed by atoms with van der Waals surface area (Å²) in [5.74, 6) is 0. The van der Waals surface area contributed by atoms with E-state index in [1.165, 1.54) is 114 Å². The zero-order valence-electron chi connectivity index (χ0n) is 21.2. The maximum Gasteiger partial charge on any atom is 0.0219 e. The monoisotopic (exact) mass is 438 g/mol. The molecule has 180 valence electrons. The highest BCUT2D eigenvalue weighted by Crippen LogP contribution is 2.20. The topological polar surface area (TPSA) is 6.48 Å². The van der Waals surface area contributed by atoms with Crippen molar-refractivity contribution in [1.82, 2.24) is 9.80 Å². The van der Waals surface area contributed by atoms with Crippen molar-refractivity contribution in [3.05, 3.63) is 60.3 Å². The Morgan fingerprint density at radius 3 is 1.16 bits per heavy atom. The van der Waals surface area contributed by atoms with Gasteiger partial charge >= 0.3 is 0 Å². The number of rotatable bonds is 18. The molecule has 2 aliphatic heterocycles. The molecule has 0 aromatic heterocycles. The number of hydrogen-bond acceptors (Lipinski definition) is 2. The highest BCUT2D eigenvalue weighted by atomic mass is 15.1.